The Hall–Kier alpha value is -1.65. The summed E-state index contributed by atoms with van der Waals surface area (Å²) in [6.07, 6.45) is 4.23. The highest BCUT2D eigenvalue weighted by atomic mass is 16.5. The molecule has 0 unspecified atom stereocenters. The van der Waals surface area contributed by atoms with Gasteiger partial charge in [0.1, 0.15) is 0 Å². The topological polar surface area (TPSA) is 39.1 Å². The van der Waals surface area contributed by atoms with E-state index >= 15 is 0 Å². The van der Waals surface area contributed by atoms with Crippen molar-refractivity contribution in [2.45, 2.75) is 26.5 Å². The molecular formula is C15H21N3O. The van der Waals surface area contributed by atoms with Crippen LogP contribution in [0.15, 0.2) is 42.7 Å². The number of rotatable bonds is 7. The van der Waals surface area contributed by atoms with Crippen molar-refractivity contribution in [3.63, 3.8) is 0 Å². The second-order valence-corrected chi connectivity index (χ2v) is 4.73. The van der Waals surface area contributed by atoms with E-state index < -0.39 is 0 Å². The Morgan fingerprint density at radius 1 is 1.26 bits per heavy atom. The molecule has 0 radical (unpaired) electrons. The van der Waals surface area contributed by atoms with Crippen molar-refractivity contribution < 1.29 is 4.74 Å². The molecule has 0 amide bonds. The van der Waals surface area contributed by atoms with E-state index in [1.807, 2.05) is 61.3 Å². The van der Waals surface area contributed by atoms with Gasteiger partial charge in [-0.25, -0.2) is 4.68 Å². The average molecular weight is 259 g/mol. The van der Waals surface area contributed by atoms with Crippen molar-refractivity contribution in [1.29, 1.82) is 0 Å². The molecule has 0 aliphatic rings. The van der Waals surface area contributed by atoms with Gasteiger partial charge in [0.2, 0.25) is 0 Å². The fourth-order valence-electron chi connectivity index (χ4n) is 1.77. The van der Waals surface area contributed by atoms with Gasteiger partial charge in [0.25, 0.3) is 0 Å². The van der Waals surface area contributed by atoms with Crippen molar-refractivity contribution in [1.82, 2.24) is 15.1 Å². The third kappa shape index (κ3) is 4.50. The summed E-state index contributed by atoms with van der Waals surface area (Å²) < 4.78 is 7.36. The molecule has 1 aromatic heterocycles. The van der Waals surface area contributed by atoms with Crippen LogP contribution in [0.3, 0.4) is 0 Å². The van der Waals surface area contributed by atoms with Crippen LogP contribution in [-0.2, 0) is 11.3 Å². The minimum atomic E-state index is 0.294. The largest absolute Gasteiger partial charge is 0.377 e. The van der Waals surface area contributed by atoms with Gasteiger partial charge in [-0.05, 0) is 26.0 Å². The molecule has 1 N–H and O–H groups in total. The Morgan fingerprint density at radius 2 is 2.05 bits per heavy atom. The Labute approximate surface area is 114 Å². The summed E-state index contributed by atoms with van der Waals surface area (Å²) in [5.41, 5.74) is 2.25. The maximum atomic E-state index is 5.47. The summed E-state index contributed by atoms with van der Waals surface area (Å²) in [6, 6.07) is 10.1. The minimum absolute atomic E-state index is 0.294. The number of ether oxygens (including phenoxy) is 1. The van der Waals surface area contributed by atoms with Gasteiger partial charge in [0, 0.05) is 24.8 Å². The van der Waals surface area contributed by atoms with Gasteiger partial charge in [-0.3, -0.25) is 0 Å². The zero-order chi connectivity index (χ0) is 13.5. The fraction of sp³-hybridized carbons (Fsp3) is 0.400. The van der Waals surface area contributed by atoms with E-state index in [2.05, 4.69) is 10.4 Å². The van der Waals surface area contributed by atoms with Crippen LogP contribution in [0.25, 0.3) is 5.69 Å². The Balaban J connectivity index is 1.78. The third-order valence-corrected chi connectivity index (χ3v) is 2.72. The molecule has 0 saturated heterocycles. The van der Waals surface area contributed by atoms with E-state index in [1.54, 1.807) is 0 Å². The first-order valence-corrected chi connectivity index (χ1v) is 6.67. The third-order valence-electron chi connectivity index (χ3n) is 2.72. The summed E-state index contributed by atoms with van der Waals surface area (Å²) in [5, 5.41) is 7.70. The number of nitrogens with zero attached hydrogens (tertiary/aromatic N) is 2. The zero-order valence-electron chi connectivity index (χ0n) is 11.5. The molecule has 0 aliphatic heterocycles. The molecule has 4 nitrogen and oxygen atoms in total. The SMILES string of the molecule is CC(C)OCCNCc1cnn(-c2ccccc2)c1. The maximum absolute atomic E-state index is 5.47. The number of benzene rings is 1. The Kier molecular flexibility index (Phi) is 5.12. The second kappa shape index (κ2) is 7.07. The zero-order valence-corrected chi connectivity index (χ0v) is 11.5. The molecule has 0 atom stereocenters. The van der Waals surface area contributed by atoms with Crippen molar-refractivity contribution >= 4 is 0 Å². The first-order chi connectivity index (χ1) is 9.25. The molecule has 102 valence electrons. The monoisotopic (exact) mass is 259 g/mol. The van der Waals surface area contributed by atoms with E-state index in [-0.39, 0.29) is 0 Å². The molecule has 0 fully saturated rings. The summed E-state index contributed by atoms with van der Waals surface area (Å²) in [4.78, 5) is 0. The molecule has 0 spiro atoms. The fourth-order valence-corrected chi connectivity index (χ4v) is 1.77. The lowest BCUT2D eigenvalue weighted by Crippen LogP contribution is -2.20. The van der Waals surface area contributed by atoms with Crippen LogP contribution in [0.5, 0.6) is 0 Å². The average Bonchev–Trinajstić information content (AvgIpc) is 2.88. The van der Waals surface area contributed by atoms with Gasteiger partial charge < -0.3 is 10.1 Å². The molecule has 19 heavy (non-hydrogen) atoms. The molecule has 1 aromatic carbocycles. The molecule has 0 bridgehead atoms. The van der Waals surface area contributed by atoms with Crippen LogP contribution in [0.4, 0.5) is 0 Å². The summed E-state index contributed by atoms with van der Waals surface area (Å²) in [6.45, 7) is 6.50. The smallest absolute Gasteiger partial charge is 0.0645 e. The van der Waals surface area contributed by atoms with E-state index in [0.29, 0.717) is 6.10 Å². The van der Waals surface area contributed by atoms with Crippen LogP contribution in [0.2, 0.25) is 0 Å². The molecular weight excluding hydrogens is 238 g/mol. The van der Waals surface area contributed by atoms with Gasteiger partial charge in [0.05, 0.1) is 24.6 Å². The molecule has 2 rings (SSSR count). The molecule has 0 saturated carbocycles. The molecule has 2 aromatic rings. The number of hydrogen-bond donors (Lipinski definition) is 1. The summed E-state index contributed by atoms with van der Waals surface area (Å²) in [7, 11) is 0. The predicted molar refractivity (Wildman–Crippen MR) is 76.4 cm³/mol. The van der Waals surface area contributed by atoms with Gasteiger partial charge in [0.15, 0.2) is 0 Å². The molecule has 4 heteroatoms. The number of nitrogens with one attached hydrogen (secondary N) is 1. The van der Waals surface area contributed by atoms with E-state index in [0.717, 1.165) is 25.4 Å². The predicted octanol–water partition coefficient (Wildman–Crippen LogP) is 2.39. The van der Waals surface area contributed by atoms with Crippen molar-refractivity contribution in [3.05, 3.63) is 48.3 Å². The van der Waals surface area contributed by atoms with Crippen molar-refractivity contribution in [2.24, 2.45) is 0 Å². The van der Waals surface area contributed by atoms with Crippen molar-refractivity contribution in [2.75, 3.05) is 13.2 Å². The summed E-state index contributed by atoms with van der Waals surface area (Å²) >= 11 is 0. The molecule has 1 heterocycles. The highest BCUT2D eigenvalue weighted by Gasteiger charge is 2.00. The maximum Gasteiger partial charge on any atom is 0.0645 e. The standard InChI is InChI=1S/C15H21N3O/c1-13(2)19-9-8-16-10-14-11-17-18(12-14)15-6-4-3-5-7-15/h3-7,11-13,16H,8-10H2,1-2H3. The van der Waals surface area contributed by atoms with Crippen LogP contribution in [0, 0.1) is 0 Å². The first-order valence-electron chi connectivity index (χ1n) is 6.67. The first kappa shape index (κ1) is 13.8. The second-order valence-electron chi connectivity index (χ2n) is 4.73. The highest BCUT2D eigenvalue weighted by Crippen LogP contribution is 2.07. The van der Waals surface area contributed by atoms with Crippen molar-refractivity contribution in [3.8, 4) is 5.69 Å². The Morgan fingerprint density at radius 3 is 2.79 bits per heavy atom. The summed E-state index contributed by atoms with van der Waals surface area (Å²) in [5.74, 6) is 0. The number of para-hydroxylation sites is 1. The normalized spacial score (nSPS) is 11.1. The number of aromatic nitrogens is 2. The van der Waals surface area contributed by atoms with Crippen LogP contribution in [-0.4, -0.2) is 29.0 Å². The van der Waals surface area contributed by atoms with Crippen LogP contribution >= 0.6 is 0 Å². The van der Waals surface area contributed by atoms with Crippen LogP contribution in [0.1, 0.15) is 19.4 Å². The highest BCUT2D eigenvalue weighted by molar-refractivity contribution is 5.30. The van der Waals surface area contributed by atoms with Gasteiger partial charge in [-0.2, -0.15) is 5.10 Å². The van der Waals surface area contributed by atoms with Gasteiger partial charge in [-0.1, -0.05) is 18.2 Å². The van der Waals surface area contributed by atoms with E-state index in [1.165, 1.54) is 5.56 Å². The quantitative estimate of drug-likeness (QED) is 0.776. The lowest BCUT2D eigenvalue weighted by Gasteiger charge is -2.07. The van der Waals surface area contributed by atoms with Gasteiger partial charge in [-0.15, -0.1) is 0 Å². The van der Waals surface area contributed by atoms with Gasteiger partial charge >= 0.3 is 0 Å². The lowest BCUT2D eigenvalue weighted by atomic mass is 10.3. The van der Waals surface area contributed by atoms with E-state index in [9.17, 15) is 0 Å². The van der Waals surface area contributed by atoms with E-state index in [4.69, 9.17) is 4.74 Å². The van der Waals surface area contributed by atoms with Crippen LogP contribution < -0.4 is 5.32 Å². The number of hydrogen-bond acceptors (Lipinski definition) is 3. The Bertz CT molecular complexity index is 479. The minimum Gasteiger partial charge on any atom is -0.377 e. The lowest BCUT2D eigenvalue weighted by molar-refractivity contribution is 0.0807. The molecule has 0 aliphatic carbocycles.